The second-order valence-electron chi connectivity index (χ2n) is 8.63. The van der Waals surface area contributed by atoms with Crippen LogP contribution in [0, 0.1) is 5.82 Å². The predicted octanol–water partition coefficient (Wildman–Crippen LogP) is 7.89. The fraction of sp³-hybridized carbons (Fsp3) is 0.269. The molecule has 0 saturated carbocycles. The Kier molecular flexibility index (Phi) is 9.49. The van der Waals surface area contributed by atoms with E-state index >= 15 is 4.39 Å². The Balaban J connectivity index is 2.07. The molecule has 2 amide bonds. The Morgan fingerprint density at radius 3 is 2.19 bits per heavy atom. The minimum absolute atomic E-state index is 0.0607. The van der Waals surface area contributed by atoms with Crippen LogP contribution in [0.25, 0.3) is 0 Å². The van der Waals surface area contributed by atoms with Gasteiger partial charge in [0, 0.05) is 41.5 Å². The zero-order chi connectivity index (χ0) is 31.6. The van der Waals surface area contributed by atoms with Gasteiger partial charge in [-0.25, -0.2) is 17.6 Å². The van der Waals surface area contributed by atoms with Gasteiger partial charge in [-0.1, -0.05) is 6.07 Å². The van der Waals surface area contributed by atoms with E-state index in [2.05, 4.69) is 25.7 Å². The Morgan fingerprint density at radius 2 is 1.67 bits per heavy atom. The summed E-state index contributed by atoms with van der Waals surface area (Å²) in [6.45, 7) is -2.66. The largest absolute Gasteiger partial charge is 0.433 e. The molecule has 0 fully saturated rings. The summed E-state index contributed by atoms with van der Waals surface area (Å²) in [6, 6.07) is 6.16. The number of hydrogen-bond donors (Lipinski definition) is 1. The molecule has 3 aromatic rings. The smallest absolute Gasteiger partial charge is 0.432 e. The molecule has 3 rings (SSSR count). The molecule has 1 N–H and O–H groups in total. The van der Waals surface area contributed by atoms with Crippen LogP contribution in [0.15, 0.2) is 59.3 Å². The lowest BCUT2D eigenvalue weighted by molar-refractivity contribution is -0.304. The fourth-order valence-corrected chi connectivity index (χ4v) is 4.46. The van der Waals surface area contributed by atoms with E-state index in [9.17, 15) is 44.7 Å². The number of hydrogen-bond acceptors (Lipinski definition) is 4. The number of benzene rings is 2. The molecule has 0 aliphatic carbocycles. The maximum absolute atomic E-state index is 15.5. The third kappa shape index (κ3) is 6.32. The number of nitrogens with one attached hydrogen (secondary N) is 1. The van der Waals surface area contributed by atoms with Crippen LogP contribution in [0.5, 0.6) is 5.75 Å². The molecule has 0 radical (unpaired) electrons. The first-order chi connectivity index (χ1) is 19.4. The standard InChI is InChI=1S/C26H19BrF9N3O3/c1-3-39(22(41)13-7-9-37-10-8-13)17-6-4-5-15(19(17)28)21(40)38-20-16(27)11-14(12-18(20)42-23(29)30)25(33,24(2,31)32)26(34,35)36/h4-12,23H,3H2,1-2H3,(H,38,40). The van der Waals surface area contributed by atoms with Crippen molar-refractivity contribution >= 4 is 39.1 Å². The summed E-state index contributed by atoms with van der Waals surface area (Å²) in [7, 11) is 0. The number of aromatic nitrogens is 1. The Labute approximate surface area is 240 Å². The highest BCUT2D eigenvalue weighted by atomic mass is 79.9. The van der Waals surface area contributed by atoms with E-state index in [1.165, 1.54) is 43.6 Å². The van der Waals surface area contributed by atoms with Gasteiger partial charge in [0.05, 0.1) is 16.9 Å². The monoisotopic (exact) mass is 671 g/mol. The lowest BCUT2D eigenvalue weighted by atomic mass is 9.88. The number of ether oxygens (including phenoxy) is 1. The molecule has 1 atom stereocenters. The summed E-state index contributed by atoms with van der Waals surface area (Å²) < 4.78 is 128. The second-order valence-corrected chi connectivity index (χ2v) is 9.49. The number of halogens is 10. The van der Waals surface area contributed by atoms with Gasteiger partial charge in [-0.2, -0.15) is 22.0 Å². The maximum atomic E-state index is 15.5. The maximum Gasteiger partial charge on any atom is 0.432 e. The highest BCUT2D eigenvalue weighted by Gasteiger charge is 2.70. The van der Waals surface area contributed by atoms with Crippen molar-refractivity contribution in [1.82, 2.24) is 4.98 Å². The molecule has 1 unspecified atom stereocenters. The van der Waals surface area contributed by atoms with Gasteiger partial charge >= 0.3 is 12.8 Å². The molecule has 0 bridgehead atoms. The summed E-state index contributed by atoms with van der Waals surface area (Å²) in [4.78, 5) is 30.7. The predicted molar refractivity (Wildman–Crippen MR) is 136 cm³/mol. The van der Waals surface area contributed by atoms with E-state index in [-0.39, 0.29) is 36.9 Å². The number of nitrogens with zero attached hydrogens (tertiary/aromatic N) is 2. The SMILES string of the molecule is CCN(C(=O)c1ccncc1)c1cccc(C(=O)Nc2c(Br)cc(C(F)(C(C)(F)F)C(F)(F)F)cc2OC(F)F)c1F. The highest BCUT2D eigenvalue weighted by molar-refractivity contribution is 9.10. The van der Waals surface area contributed by atoms with Crippen molar-refractivity contribution < 1.29 is 53.8 Å². The molecule has 0 aliphatic rings. The zero-order valence-corrected chi connectivity index (χ0v) is 23.0. The Bertz CT molecular complexity index is 1450. The topological polar surface area (TPSA) is 71.5 Å². The minimum atomic E-state index is -6.21. The van der Waals surface area contributed by atoms with Gasteiger partial charge in [-0.05, 0) is 59.3 Å². The first-order valence-corrected chi connectivity index (χ1v) is 12.5. The minimum Gasteiger partial charge on any atom is -0.433 e. The summed E-state index contributed by atoms with van der Waals surface area (Å²) in [5.41, 5.74) is -8.98. The molecule has 1 aromatic heterocycles. The molecule has 226 valence electrons. The van der Waals surface area contributed by atoms with Crippen molar-refractivity contribution in [3.63, 3.8) is 0 Å². The van der Waals surface area contributed by atoms with Gasteiger partial charge in [0.25, 0.3) is 23.4 Å². The number of carbonyl (C=O) groups is 2. The van der Waals surface area contributed by atoms with E-state index in [1.54, 1.807) is 0 Å². The first kappa shape index (κ1) is 32.7. The van der Waals surface area contributed by atoms with Crippen LogP contribution in [0.3, 0.4) is 0 Å². The Morgan fingerprint density at radius 1 is 1.05 bits per heavy atom. The molecule has 42 heavy (non-hydrogen) atoms. The molecule has 16 heteroatoms. The second kappa shape index (κ2) is 12.2. The average Bonchev–Trinajstić information content (AvgIpc) is 2.90. The average molecular weight is 672 g/mol. The van der Waals surface area contributed by atoms with Crippen molar-refractivity contribution in [1.29, 1.82) is 0 Å². The lowest BCUT2D eigenvalue weighted by Gasteiger charge is -2.33. The molecular formula is C26H19BrF9N3O3. The van der Waals surface area contributed by atoms with E-state index in [4.69, 9.17) is 0 Å². The van der Waals surface area contributed by atoms with E-state index < -0.39 is 69.0 Å². The van der Waals surface area contributed by atoms with Gasteiger partial charge < -0.3 is 15.0 Å². The number of anilines is 2. The van der Waals surface area contributed by atoms with Crippen LogP contribution in [0.4, 0.5) is 50.9 Å². The summed E-state index contributed by atoms with van der Waals surface area (Å²) in [5, 5.41) is 1.96. The summed E-state index contributed by atoms with van der Waals surface area (Å²) >= 11 is 2.66. The van der Waals surface area contributed by atoms with Crippen LogP contribution in [0.1, 0.15) is 40.1 Å². The fourth-order valence-electron chi connectivity index (χ4n) is 3.91. The van der Waals surface area contributed by atoms with Gasteiger partial charge in [-0.3, -0.25) is 14.6 Å². The van der Waals surface area contributed by atoms with Crippen molar-refractivity contribution in [3.05, 3.63) is 81.8 Å². The third-order valence-corrected chi connectivity index (χ3v) is 6.53. The summed E-state index contributed by atoms with van der Waals surface area (Å²) in [5.74, 6) is -9.68. The van der Waals surface area contributed by atoms with Crippen LogP contribution in [-0.2, 0) is 5.67 Å². The number of amides is 2. The molecular weight excluding hydrogens is 653 g/mol. The number of alkyl halides is 8. The van der Waals surface area contributed by atoms with E-state index in [0.717, 1.165) is 11.0 Å². The van der Waals surface area contributed by atoms with E-state index in [1.807, 2.05) is 5.32 Å². The summed E-state index contributed by atoms with van der Waals surface area (Å²) in [6.07, 6.45) is -3.56. The number of carbonyl (C=O) groups excluding carboxylic acids is 2. The molecule has 1 heterocycles. The van der Waals surface area contributed by atoms with Gasteiger partial charge in [0.1, 0.15) is 0 Å². The molecule has 2 aromatic carbocycles. The quantitative estimate of drug-likeness (QED) is 0.235. The molecule has 6 nitrogen and oxygen atoms in total. The van der Waals surface area contributed by atoms with Crippen LogP contribution >= 0.6 is 15.9 Å². The van der Waals surface area contributed by atoms with Crippen LogP contribution in [0.2, 0.25) is 0 Å². The number of pyridine rings is 1. The molecule has 0 saturated heterocycles. The normalized spacial score (nSPS) is 13.5. The van der Waals surface area contributed by atoms with Crippen molar-refractivity contribution in [2.45, 2.75) is 38.2 Å². The van der Waals surface area contributed by atoms with Crippen LogP contribution in [-0.4, -0.2) is 42.1 Å². The zero-order valence-electron chi connectivity index (χ0n) is 21.4. The van der Waals surface area contributed by atoms with Gasteiger partial charge in [-0.15, -0.1) is 0 Å². The number of rotatable bonds is 9. The highest BCUT2D eigenvalue weighted by Crippen LogP contribution is 2.54. The van der Waals surface area contributed by atoms with Gasteiger partial charge in [0.15, 0.2) is 11.6 Å². The molecule has 0 aliphatic heterocycles. The van der Waals surface area contributed by atoms with Crippen molar-refractivity contribution in [2.75, 3.05) is 16.8 Å². The van der Waals surface area contributed by atoms with Crippen LogP contribution < -0.4 is 15.0 Å². The van der Waals surface area contributed by atoms with Gasteiger partial charge in [0.2, 0.25) is 0 Å². The lowest BCUT2D eigenvalue weighted by Crippen LogP contribution is -2.51. The molecule has 0 spiro atoms. The first-order valence-electron chi connectivity index (χ1n) is 11.7. The van der Waals surface area contributed by atoms with Crippen molar-refractivity contribution in [2.24, 2.45) is 0 Å². The third-order valence-electron chi connectivity index (χ3n) is 5.90. The van der Waals surface area contributed by atoms with Crippen molar-refractivity contribution in [3.8, 4) is 5.75 Å². The Hall–Kier alpha value is -3.82. The van der Waals surface area contributed by atoms with E-state index in [0.29, 0.717) is 0 Å².